The number of hydrogen-bond donors (Lipinski definition) is 1. The number of unbranched alkanes of at least 4 members (excludes halogenated alkanes) is 1. The van der Waals surface area contributed by atoms with Gasteiger partial charge in [-0.1, -0.05) is 20.3 Å². The highest BCUT2D eigenvalue weighted by molar-refractivity contribution is 5.65. The van der Waals surface area contributed by atoms with E-state index in [0.717, 1.165) is 43.5 Å². The summed E-state index contributed by atoms with van der Waals surface area (Å²) in [6.07, 6.45) is 0.128. The van der Waals surface area contributed by atoms with Gasteiger partial charge in [0.1, 0.15) is 5.75 Å². The van der Waals surface area contributed by atoms with Crippen molar-refractivity contribution in [3.8, 4) is 17.0 Å². The van der Waals surface area contributed by atoms with E-state index >= 15 is 0 Å². The molecule has 0 spiro atoms. The number of H-pyrrole nitrogens is 1. The van der Waals surface area contributed by atoms with Gasteiger partial charge >= 0.3 is 6.18 Å². The van der Waals surface area contributed by atoms with Crippen LogP contribution in [0.25, 0.3) is 11.3 Å². The van der Waals surface area contributed by atoms with Gasteiger partial charge in [0.25, 0.3) is 0 Å². The fraction of sp³-hybridized carbons (Fsp3) is 0.526. The van der Waals surface area contributed by atoms with E-state index in [1.165, 1.54) is 0 Å². The molecule has 2 aromatic rings. The van der Waals surface area contributed by atoms with Gasteiger partial charge in [-0.25, -0.2) is 0 Å². The van der Waals surface area contributed by atoms with E-state index in [1.54, 1.807) is 12.3 Å². The van der Waals surface area contributed by atoms with Gasteiger partial charge in [0.05, 0.1) is 24.1 Å². The average Bonchev–Trinajstić information content (AvgIpc) is 3.05. The third-order valence-electron chi connectivity index (χ3n) is 4.05. The van der Waals surface area contributed by atoms with E-state index in [0.29, 0.717) is 24.4 Å². The predicted molar refractivity (Wildman–Crippen MR) is 96.1 cm³/mol. The summed E-state index contributed by atoms with van der Waals surface area (Å²) >= 11 is 0. The zero-order valence-corrected chi connectivity index (χ0v) is 15.5. The minimum atomic E-state index is -4.43. The van der Waals surface area contributed by atoms with E-state index in [4.69, 9.17) is 4.74 Å². The van der Waals surface area contributed by atoms with Crippen molar-refractivity contribution in [2.75, 3.05) is 20.2 Å². The lowest BCUT2D eigenvalue weighted by molar-refractivity contribution is -0.137. The van der Waals surface area contributed by atoms with Crippen LogP contribution in [0.15, 0.2) is 24.4 Å². The fourth-order valence-corrected chi connectivity index (χ4v) is 2.69. The van der Waals surface area contributed by atoms with Gasteiger partial charge < -0.3 is 9.64 Å². The van der Waals surface area contributed by atoms with Crippen LogP contribution in [0.5, 0.6) is 5.75 Å². The summed E-state index contributed by atoms with van der Waals surface area (Å²) in [5.41, 5.74) is 1.17. The Morgan fingerprint density at radius 1 is 1.15 bits per heavy atom. The molecule has 0 saturated carbocycles. The Bertz CT molecular complexity index is 698. The quantitative estimate of drug-likeness (QED) is 0.667. The first-order valence-corrected chi connectivity index (χ1v) is 8.91. The Kier molecular flexibility index (Phi) is 7.08. The molecule has 144 valence electrons. The molecule has 1 aromatic carbocycles. The maximum absolute atomic E-state index is 13.3. The topological polar surface area (TPSA) is 41.2 Å². The molecule has 0 fully saturated rings. The van der Waals surface area contributed by atoms with Gasteiger partial charge in [0.2, 0.25) is 0 Å². The number of alkyl halides is 3. The molecule has 7 heteroatoms. The predicted octanol–water partition coefficient (Wildman–Crippen LogP) is 5.12. The van der Waals surface area contributed by atoms with Crippen LogP contribution in [0.3, 0.4) is 0 Å². The first kappa shape index (κ1) is 20.3. The van der Waals surface area contributed by atoms with E-state index < -0.39 is 11.7 Å². The van der Waals surface area contributed by atoms with Crippen molar-refractivity contribution < 1.29 is 17.9 Å². The molecule has 1 aromatic heterocycles. The molecule has 0 aliphatic rings. The lowest BCUT2D eigenvalue weighted by atomic mass is 10.0. The van der Waals surface area contributed by atoms with Crippen LogP contribution in [0.4, 0.5) is 13.2 Å². The number of rotatable bonds is 9. The van der Waals surface area contributed by atoms with Crippen molar-refractivity contribution in [3.05, 3.63) is 35.5 Å². The standard InChI is InChI=1S/C19H26F3N3O/c1-4-6-7-25(3)13-15-12-23-24-18(15)14-9-16(19(20,21)22)11-17(10-14)26-8-5-2/h9-12H,4-8,13H2,1-3H3,(H,23,24). The van der Waals surface area contributed by atoms with Crippen LogP contribution < -0.4 is 4.74 Å². The molecule has 0 aliphatic heterocycles. The second-order valence-corrected chi connectivity index (χ2v) is 6.45. The second kappa shape index (κ2) is 9.07. The van der Waals surface area contributed by atoms with Crippen LogP contribution in [0.1, 0.15) is 44.2 Å². The molecule has 0 unspecified atom stereocenters. The normalized spacial score (nSPS) is 12.0. The molecule has 4 nitrogen and oxygen atoms in total. The van der Waals surface area contributed by atoms with Crippen LogP contribution >= 0.6 is 0 Å². The first-order valence-electron chi connectivity index (χ1n) is 8.91. The highest BCUT2D eigenvalue weighted by Gasteiger charge is 2.32. The van der Waals surface area contributed by atoms with Gasteiger partial charge in [-0.3, -0.25) is 5.10 Å². The number of nitrogens with zero attached hydrogens (tertiary/aromatic N) is 2. The van der Waals surface area contributed by atoms with Gasteiger partial charge in [-0.05, 0) is 44.6 Å². The highest BCUT2D eigenvalue weighted by atomic mass is 19.4. The summed E-state index contributed by atoms with van der Waals surface area (Å²) in [6, 6.07) is 3.82. The fourth-order valence-electron chi connectivity index (χ4n) is 2.69. The lowest BCUT2D eigenvalue weighted by Gasteiger charge is -2.17. The van der Waals surface area contributed by atoms with Gasteiger partial charge in [-0.15, -0.1) is 0 Å². The molecule has 0 bridgehead atoms. The number of benzene rings is 1. The minimum Gasteiger partial charge on any atom is -0.494 e. The van der Waals surface area contributed by atoms with Crippen LogP contribution in [0, 0.1) is 0 Å². The molecule has 0 amide bonds. The van der Waals surface area contributed by atoms with E-state index in [1.807, 2.05) is 14.0 Å². The van der Waals surface area contributed by atoms with E-state index in [2.05, 4.69) is 22.0 Å². The van der Waals surface area contributed by atoms with Crippen LogP contribution in [-0.2, 0) is 12.7 Å². The Balaban J connectivity index is 2.34. The minimum absolute atomic E-state index is 0.219. The van der Waals surface area contributed by atoms with Gasteiger partial charge in [0, 0.05) is 17.7 Å². The molecular weight excluding hydrogens is 343 g/mol. The Hall–Kier alpha value is -2.02. The Labute approximate surface area is 152 Å². The second-order valence-electron chi connectivity index (χ2n) is 6.45. The largest absolute Gasteiger partial charge is 0.494 e. The maximum atomic E-state index is 13.3. The Morgan fingerprint density at radius 3 is 2.58 bits per heavy atom. The van der Waals surface area contributed by atoms with Crippen molar-refractivity contribution in [3.63, 3.8) is 0 Å². The summed E-state index contributed by atoms with van der Waals surface area (Å²) in [5, 5.41) is 6.89. The molecule has 0 saturated heterocycles. The average molecular weight is 369 g/mol. The Morgan fingerprint density at radius 2 is 1.92 bits per heavy atom. The number of aromatic nitrogens is 2. The molecular formula is C19H26F3N3O. The smallest absolute Gasteiger partial charge is 0.416 e. The van der Waals surface area contributed by atoms with Gasteiger partial charge in [0.15, 0.2) is 0 Å². The van der Waals surface area contributed by atoms with E-state index in [9.17, 15) is 13.2 Å². The van der Waals surface area contributed by atoms with Crippen LogP contribution in [0.2, 0.25) is 0 Å². The van der Waals surface area contributed by atoms with Crippen molar-refractivity contribution in [2.24, 2.45) is 0 Å². The molecule has 26 heavy (non-hydrogen) atoms. The van der Waals surface area contributed by atoms with Gasteiger partial charge in [-0.2, -0.15) is 18.3 Å². The third-order valence-corrected chi connectivity index (χ3v) is 4.05. The number of ether oxygens (including phenoxy) is 1. The number of aromatic amines is 1. The highest BCUT2D eigenvalue weighted by Crippen LogP contribution is 2.36. The first-order chi connectivity index (χ1) is 12.3. The third kappa shape index (κ3) is 5.49. The molecule has 0 radical (unpaired) electrons. The van der Waals surface area contributed by atoms with Crippen molar-refractivity contribution >= 4 is 0 Å². The SMILES string of the molecule is CCCCN(C)Cc1cn[nH]c1-c1cc(OCCC)cc(C(F)(F)F)c1. The maximum Gasteiger partial charge on any atom is 0.416 e. The van der Waals surface area contributed by atoms with Crippen molar-refractivity contribution in [1.29, 1.82) is 0 Å². The summed E-state index contributed by atoms with van der Waals surface area (Å²) in [4.78, 5) is 2.14. The molecule has 0 aliphatic carbocycles. The lowest BCUT2D eigenvalue weighted by Crippen LogP contribution is -2.19. The summed E-state index contributed by atoms with van der Waals surface area (Å²) in [7, 11) is 1.99. The zero-order valence-electron chi connectivity index (χ0n) is 15.5. The summed E-state index contributed by atoms with van der Waals surface area (Å²) in [5.74, 6) is 0.219. The zero-order chi connectivity index (χ0) is 19.2. The summed E-state index contributed by atoms with van der Waals surface area (Å²) < 4.78 is 45.3. The molecule has 2 rings (SSSR count). The number of nitrogens with one attached hydrogen (secondary N) is 1. The number of hydrogen-bond acceptors (Lipinski definition) is 3. The molecule has 1 heterocycles. The van der Waals surface area contributed by atoms with Crippen molar-refractivity contribution in [1.82, 2.24) is 15.1 Å². The van der Waals surface area contributed by atoms with E-state index in [-0.39, 0.29) is 5.75 Å². The van der Waals surface area contributed by atoms with Crippen molar-refractivity contribution in [2.45, 2.75) is 45.8 Å². The summed E-state index contributed by atoms with van der Waals surface area (Å²) in [6.45, 7) is 5.95. The monoisotopic (exact) mass is 369 g/mol. The molecule has 1 N–H and O–H groups in total. The molecule has 0 atom stereocenters. The number of halogens is 3. The van der Waals surface area contributed by atoms with Crippen LogP contribution in [-0.4, -0.2) is 35.3 Å².